The standard InChI is InChI=1S/C23H24N2O5S/c1-3-30-21-15-9-7-13-19(21)24-23(26)17-25(20-14-8-10-16-22(20)29-2)31(27,28)18-11-5-4-6-12-18/h4-16H,3,17H2,1-2H3,(H,24,26). The average Bonchev–Trinajstić information content (AvgIpc) is 2.79. The molecule has 7 nitrogen and oxygen atoms in total. The van der Waals surface area contributed by atoms with E-state index in [1.165, 1.54) is 19.2 Å². The molecule has 0 spiro atoms. The fourth-order valence-electron chi connectivity index (χ4n) is 3.03. The van der Waals surface area contributed by atoms with Crippen LogP contribution in [-0.2, 0) is 14.8 Å². The first-order valence-corrected chi connectivity index (χ1v) is 11.1. The highest BCUT2D eigenvalue weighted by Gasteiger charge is 2.29. The zero-order valence-corrected chi connectivity index (χ0v) is 18.1. The minimum Gasteiger partial charge on any atom is -0.495 e. The Balaban J connectivity index is 1.97. The number of hydrogen-bond acceptors (Lipinski definition) is 5. The highest BCUT2D eigenvalue weighted by molar-refractivity contribution is 7.92. The number of carbonyl (C=O) groups excluding carboxylic acids is 1. The molecule has 3 rings (SSSR count). The molecule has 3 aromatic carbocycles. The number of benzene rings is 3. The molecule has 31 heavy (non-hydrogen) atoms. The van der Waals surface area contributed by atoms with E-state index in [9.17, 15) is 13.2 Å². The number of sulfonamides is 1. The van der Waals surface area contributed by atoms with Gasteiger partial charge in [0.1, 0.15) is 18.0 Å². The van der Waals surface area contributed by atoms with E-state index in [0.29, 0.717) is 23.8 Å². The largest absolute Gasteiger partial charge is 0.495 e. The molecule has 0 saturated heterocycles. The average molecular weight is 441 g/mol. The van der Waals surface area contributed by atoms with Gasteiger partial charge in [-0.15, -0.1) is 0 Å². The number of nitrogens with one attached hydrogen (secondary N) is 1. The zero-order chi connectivity index (χ0) is 22.3. The summed E-state index contributed by atoms with van der Waals surface area (Å²) < 4.78 is 38.8. The summed E-state index contributed by atoms with van der Waals surface area (Å²) in [5.41, 5.74) is 0.730. The highest BCUT2D eigenvalue weighted by Crippen LogP contribution is 2.32. The molecule has 8 heteroatoms. The Morgan fingerprint density at radius 1 is 0.903 bits per heavy atom. The number of rotatable bonds is 9. The van der Waals surface area contributed by atoms with Crippen LogP contribution in [0.4, 0.5) is 11.4 Å². The topological polar surface area (TPSA) is 84.9 Å². The van der Waals surface area contributed by atoms with E-state index in [-0.39, 0.29) is 10.6 Å². The summed E-state index contributed by atoms with van der Waals surface area (Å²) in [6, 6.07) is 21.6. The van der Waals surface area contributed by atoms with Gasteiger partial charge in [-0.3, -0.25) is 9.10 Å². The van der Waals surface area contributed by atoms with Crippen molar-refractivity contribution in [2.24, 2.45) is 0 Å². The summed E-state index contributed by atoms with van der Waals surface area (Å²) in [5, 5.41) is 2.75. The third kappa shape index (κ3) is 5.16. The van der Waals surface area contributed by atoms with E-state index >= 15 is 0 Å². The fraction of sp³-hybridized carbons (Fsp3) is 0.174. The van der Waals surface area contributed by atoms with Gasteiger partial charge in [-0.05, 0) is 43.3 Å². The minimum absolute atomic E-state index is 0.0726. The van der Waals surface area contributed by atoms with Crippen molar-refractivity contribution in [1.82, 2.24) is 0 Å². The van der Waals surface area contributed by atoms with E-state index in [4.69, 9.17) is 9.47 Å². The number of nitrogens with zero attached hydrogens (tertiary/aromatic N) is 1. The van der Waals surface area contributed by atoms with E-state index in [2.05, 4.69) is 5.32 Å². The van der Waals surface area contributed by atoms with Crippen molar-refractivity contribution < 1.29 is 22.7 Å². The van der Waals surface area contributed by atoms with Gasteiger partial charge >= 0.3 is 0 Å². The van der Waals surface area contributed by atoms with Crippen LogP contribution >= 0.6 is 0 Å². The lowest BCUT2D eigenvalue weighted by Crippen LogP contribution is -2.38. The molecule has 3 aromatic rings. The molecule has 0 bridgehead atoms. The van der Waals surface area contributed by atoms with Crippen LogP contribution in [0, 0.1) is 0 Å². The van der Waals surface area contributed by atoms with Crippen LogP contribution in [0.25, 0.3) is 0 Å². The molecule has 0 atom stereocenters. The van der Waals surface area contributed by atoms with Crippen molar-refractivity contribution in [3.63, 3.8) is 0 Å². The number of methoxy groups -OCH3 is 1. The van der Waals surface area contributed by atoms with Crippen LogP contribution in [0.2, 0.25) is 0 Å². The lowest BCUT2D eigenvalue weighted by Gasteiger charge is -2.25. The SMILES string of the molecule is CCOc1ccccc1NC(=O)CN(c1ccccc1OC)S(=O)(=O)c1ccccc1. The Morgan fingerprint density at radius 2 is 1.52 bits per heavy atom. The second-order valence-corrected chi connectivity index (χ2v) is 8.34. The zero-order valence-electron chi connectivity index (χ0n) is 17.3. The summed E-state index contributed by atoms with van der Waals surface area (Å²) in [6.07, 6.45) is 0. The Morgan fingerprint density at radius 3 is 2.19 bits per heavy atom. The number of amides is 1. The van der Waals surface area contributed by atoms with Gasteiger partial charge in [0.25, 0.3) is 10.0 Å². The molecule has 0 radical (unpaired) electrons. The Bertz CT molecular complexity index is 1130. The maximum atomic E-state index is 13.4. The van der Waals surface area contributed by atoms with Crippen LogP contribution in [-0.4, -0.2) is 34.6 Å². The molecule has 0 heterocycles. The summed E-state index contributed by atoms with van der Waals surface area (Å²) in [7, 11) is -2.58. The van der Waals surface area contributed by atoms with Crippen LogP contribution in [0.3, 0.4) is 0 Å². The molecule has 1 amide bonds. The van der Waals surface area contributed by atoms with E-state index in [1.807, 2.05) is 6.92 Å². The van der Waals surface area contributed by atoms with Gasteiger partial charge in [0.05, 0.1) is 30.0 Å². The maximum absolute atomic E-state index is 13.4. The molecule has 0 unspecified atom stereocenters. The summed E-state index contributed by atoms with van der Waals surface area (Å²) in [5.74, 6) is 0.329. The van der Waals surface area contributed by atoms with Crippen LogP contribution in [0.15, 0.2) is 83.8 Å². The maximum Gasteiger partial charge on any atom is 0.264 e. The highest BCUT2D eigenvalue weighted by atomic mass is 32.2. The monoisotopic (exact) mass is 440 g/mol. The molecular weight excluding hydrogens is 416 g/mol. The van der Waals surface area contributed by atoms with Crippen molar-refractivity contribution in [2.45, 2.75) is 11.8 Å². The van der Waals surface area contributed by atoms with Crippen LogP contribution in [0.5, 0.6) is 11.5 Å². The van der Waals surface area contributed by atoms with Gasteiger partial charge in [-0.2, -0.15) is 0 Å². The van der Waals surface area contributed by atoms with Crippen LogP contribution < -0.4 is 19.1 Å². The fourth-order valence-corrected chi connectivity index (χ4v) is 4.48. The molecule has 0 fully saturated rings. The second-order valence-electron chi connectivity index (χ2n) is 6.47. The Labute approximate surface area is 182 Å². The Kier molecular flexibility index (Phi) is 7.15. The Hall–Kier alpha value is -3.52. The van der Waals surface area contributed by atoms with Gasteiger partial charge in [-0.1, -0.05) is 42.5 Å². The lowest BCUT2D eigenvalue weighted by atomic mass is 10.2. The molecular formula is C23H24N2O5S. The molecule has 0 saturated carbocycles. The number of ether oxygens (including phenoxy) is 2. The molecule has 0 aliphatic carbocycles. The van der Waals surface area contributed by atoms with Gasteiger partial charge in [0, 0.05) is 0 Å². The summed E-state index contributed by atoms with van der Waals surface area (Å²) >= 11 is 0. The second kappa shape index (κ2) is 9.99. The van der Waals surface area contributed by atoms with Gasteiger partial charge < -0.3 is 14.8 Å². The first kappa shape index (κ1) is 22.2. The van der Waals surface area contributed by atoms with Gasteiger partial charge in [0.15, 0.2) is 0 Å². The van der Waals surface area contributed by atoms with Gasteiger partial charge in [0.2, 0.25) is 5.91 Å². The smallest absolute Gasteiger partial charge is 0.264 e. The van der Waals surface area contributed by atoms with Crippen LogP contribution in [0.1, 0.15) is 6.92 Å². The quantitative estimate of drug-likeness (QED) is 0.545. The van der Waals surface area contributed by atoms with Crippen molar-refractivity contribution >= 4 is 27.3 Å². The van der Waals surface area contributed by atoms with E-state index in [0.717, 1.165) is 4.31 Å². The van der Waals surface area contributed by atoms with Crippen molar-refractivity contribution in [1.29, 1.82) is 0 Å². The molecule has 162 valence electrons. The van der Waals surface area contributed by atoms with Crippen molar-refractivity contribution in [2.75, 3.05) is 29.9 Å². The van der Waals surface area contributed by atoms with E-state index in [1.54, 1.807) is 66.7 Å². The third-order valence-corrected chi connectivity index (χ3v) is 6.21. The number of anilines is 2. The molecule has 0 aliphatic rings. The number of hydrogen-bond donors (Lipinski definition) is 1. The minimum atomic E-state index is -4.03. The normalized spacial score (nSPS) is 10.9. The first-order valence-electron chi connectivity index (χ1n) is 9.70. The van der Waals surface area contributed by atoms with Gasteiger partial charge in [-0.25, -0.2) is 8.42 Å². The number of para-hydroxylation sites is 4. The molecule has 0 aliphatic heterocycles. The first-order chi connectivity index (χ1) is 15.0. The summed E-state index contributed by atoms with van der Waals surface area (Å²) in [4.78, 5) is 13.0. The number of carbonyl (C=O) groups is 1. The van der Waals surface area contributed by atoms with Crippen molar-refractivity contribution in [3.8, 4) is 11.5 Å². The summed E-state index contributed by atoms with van der Waals surface area (Å²) in [6.45, 7) is 1.83. The molecule has 1 N–H and O–H groups in total. The third-order valence-electron chi connectivity index (χ3n) is 4.43. The predicted molar refractivity (Wildman–Crippen MR) is 120 cm³/mol. The van der Waals surface area contributed by atoms with E-state index < -0.39 is 22.5 Å². The van der Waals surface area contributed by atoms with Crippen molar-refractivity contribution in [3.05, 3.63) is 78.9 Å². The molecule has 0 aromatic heterocycles. The lowest BCUT2D eigenvalue weighted by molar-refractivity contribution is -0.114. The predicted octanol–water partition coefficient (Wildman–Crippen LogP) is 3.93.